The number of carbonyl (C=O) groups excluding carboxylic acids is 1. The number of fused-ring (bicyclic) bond motifs is 2. The van der Waals surface area contributed by atoms with Crippen molar-refractivity contribution in [1.29, 1.82) is 0 Å². The van der Waals surface area contributed by atoms with Gasteiger partial charge in [0, 0.05) is 17.4 Å². The first-order chi connectivity index (χ1) is 10.7. The number of halogens is 3. The van der Waals surface area contributed by atoms with E-state index in [0.717, 1.165) is 17.8 Å². The normalized spacial score (nSPS) is 27.7. The van der Waals surface area contributed by atoms with Gasteiger partial charge in [0.15, 0.2) is 10.9 Å². The van der Waals surface area contributed by atoms with Gasteiger partial charge in [0.05, 0.1) is 12.7 Å². The maximum atomic E-state index is 13.0. The molecule has 0 amide bonds. The van der Waals surface area contributed by atoms with Crippen molar-refractivity contribution in [2.75, 3.05) is 6.61 Å². The van der Waals surface area contributed by atoms with Gasteiger partial charge in [-0.3, -0.25) is 4.79 Å². The molecule has 0 radical (unpaired) electrons. The molecule has 5 nitrogen and oxygen atoms in total. The van der Waals surface area contributed by atoms with Gasteiger partial charge in [-0.05, 0) is 12.0 Å². The Labute approximate surface area is 135 Å². The van der Waals surface area contributed by atoms with E-state index in [0.29, 0.717) is 5.69 Å². The van der Waals surface area contributed by atoms with Crippen molar-refractivity contribution in [2.45, 2.75) is 55.2 Å². The average Bonchev–Trinajstić information content (AvgIpc) is 2.89. The lowest BCUT2D eigenvalue weighted by atomic mass is 10.1. The minimum Gasteiger partial charge on any atom is -0.343 e. The van der Waals surface area contributed by atoms with Gasteiger partial charge in [-0.15, -0.1) is 0 Å². The topological polar surface area (TPSA) is 61.3 Å². The summed E-state index contributed by atoms with van der Waals surface area (Å²) < 4.78 is 49.6. The number of aromatic nitrogens is 2. The van der Waals surface area contributed by atoms with Crippen molar-refractivity contribution in [3.05, 3.63) is 17.5 Å². The number of thioether (sulfide) groups is 1. The molecule has 9 heteroatoms. The fourth-order valence-electron chi connectivity index (χ4n) is 2.40. The molecule has 2 fully saturated rings. The second kappa shape index (κ2) is 6.03. The molecule has 3 rings (SSSR count). The van der Waals surface area contributed by atoms with Crippen LogP contribution in [0.4, 0.5) is 13.2 Å². The molecule has 0 spiro atoms. The third-order valence-corrected chi connectivity index (χ3v) is 4.82. The minimum atomic E-state index is -4.54. The van der Waals surface area contributed by atoms with Crippen LogP contribution < -0.4 is 0 Å². The monoisotopic (exact) mass is 348 g/mol. The summed E-state index contributed by atoms with van der Waals surface area (Å²) in [5, 5.41) is -0.333. The van der Waals surface area contributed by atoms with Gasteiger partial charge in [-0.2, -0.15) is 13.2 Å². The molecule has 0 unspecified atom stereocenters. The Bertz CT molecular complexity index is 624. The molecule has 0 aliphatic carbocycles. The van der Waals surface area contributed by atoms with Gasteiger partial charge in [-0.25, -0.2) is 9.97 Å². The molecule has 0 N–H and O–H groups in total. The van der Waals surface area contributed by atoms with Crippen LogP contribution in [0.1, 0.15) is 37.6 Å². The first kappa shape index (κ1) is 16.7. The summed E-state index contributed by atoms with van der Waals surface area (Å²) in [5.74, 6) is -0.366. The van der Waals surface area contributed by atoms with Crippen LogP contribution in [-0.4, -0.2) is 40.0 Å². The van der Waals surface area contributed by atoms with E-state index in [-0.39, 0.29) is 41.2 Å². The number of rotatable bonds is 3. The number of hydrogen-bond donors (Lipinski definition) is 0. The molecule has 23 heavy (non-hydrogen) atoms. The standard InChI is InChI=1S/C14H15F3N2O3S/c1-6(2)7-3-11(14(15,16)17)19-13(18-7)23-10-4-8(20)12-21-5-9(10)22-12/h3,6,9-10,12H,4-5H2,1-2H3/t9-,10-,12-/m1/s1. The second-order valence-electron chi connectivity index (χ2n) is 5.78. The predicted octanol–water partition coefficient (Wildman–Crippen LogP) is 2.79. The van der Waals surface area contributed by atoms with Crippen molar-refractivity contribution in [3.8, 4) is 0 Å². The zero-order valence-corrected chi connectivity index (χ0v) is 13.3. The van der Waals surface area contributed by atoms with Gasteiger partial charge in [0.25, 0.3) is 0 Å². The molecule has 2 saturated heterocycles. The predicted molar refractivity (Wildman–Crippen MR) is 75.0 cm³/mol. The molecule has 3 atom stereocenters. The number of carbonyl (C=O) groups is 1. The molecule has 0 saturated carbocycles. The van der Waals surface area contributed by atoms with E-state index in [1.165, 1.54) is 0 Å². The van der Waals surface area contributed by atoms with Gasteiger partial charge < -0.3 is 9.47 Å². The summed E-state index contributed by atoms with van der Waals surface area (Å²) in [7, 11) is 0. The Hall–Kier alpha value is -1.19. The first-order valence-electron chi connectivity index (χ1n) is 7.16. The molecule has 126 valence electrons. The lowest BCUT2D eigenvalue weighted by Gasteiger charge is -2.25. The third-order valence-electron chi connectivity index (χ3n) is 3.65. The molecule has 1 aromatic rings. The molecule has 1 aromatic heterocycles. The van der Waals surface area contributed by atoms with E-state index < -0.39 is 18.2 Å². The van der Waals surface area contributed by atoms with E-state index in [1.54, 1.807) is 13.8 Å². The van der Waals surface area contributed by atoms with Crippen LogP contribution in [0.3, 0.4) is 0 Å². The summed E-state index contributed by atoms with van der Waals surface area (Å²) in [4.78, 5) is 19.6. The van der Waals surface area contributed by atoms with E-state index in [9.17, 15) is 18.0 Å². The fraction of sp³-hybridized carbons (Fsp3) is 0.643. The molecule has 0 aromatic carbocycles. The molecular formula is C14H15F3N2O3S. The van der Waals surface area contributed by atoms with E-state index in [4.69, 9.17) is 9.47 Å². The second-order valence-corrected chi connectivity index (χ2v) is 6.99. The lowest BCUT2D eigenvalue weighted by molar-refractivity contribution is -0.151. The lowest BCUT2D eigenvalue weighted by Crippen LogP contribution is -2.37. The number of hydrogen-bond acceptors (Lipinski definition) is 6. The summed E-state index contributed by atoms with van der Waals surface area (Å²) in [6.45, 7) is 3.78. The van der Waals surface area contributed by atoms with Crippen LogP contribution in [0, 0.1) is 0 Å². The zero-order valence-electron chi connectivity index (χ0n) is 12.5. The highest BCUT2D eigenvalue weighted by Crippen LogP contribution is 2.37. The summed E-state index contributed by atoms with van der Waals surface area (Å²) in [6, 6.07) is 0.964. The van der Waals surface area contributed by atoms with Gasteiger partial charge in [0.2, 0.25) is 6.29 Å². The summed E-state index contributed by atoms with van der Waals surface area (Å²) in [5.41, 5.74) is -0.652. The van der Waals surface area contributed by atoms with Gasteiger partial charge in [0.1, 0.15) is 5.69 Å². The molecule has 2 bridgehead atoms. The summed E-state index contributed by atoms with van der Waals surface area (Å²) in [6.07, 6.45) is -5.52. The van der Waals surface area contributed by atoms with Crippen LogP contribution in [0.2, 0.25) is 0 Å². The summed E-state index contributed by atoms with van der Waals surface area (Å²) >= 11 is 1.04. The fourth-order valence-corrected chi connectivity index (χ4v) is 3.52. The maximum Gasteiger partial charge on any atom is 0.433 e. The maximum absolute atomic E-state index is 13.0. The Morgan fingerprint density at radius 3 is 2.74 bits per heavy atom. The Balaban J connectivity index is 1.87. The SMILES string of the molecule is CC(C)c1cc(C(F)(F)F)nc(S[C@@H]2CC(=O)[C@@H]3OC[C@H]2O3)n1. The van der Waals surface area contributed by atoms with Crippen molar-refractivity contribution in [1.82, 2.24) is 9.97 Å². The van der Waals surface area contributed by atoms with Crippen molar-refractivity contribution >= 4 is 17.5 Å². The van der Waals surface area contributed by atoms with Gasteiger partial charge >= 0.3 is 6.18 Å². The van der Waals surface area contributed by atoms with Gasteiger partial charge in [-0.1, -0.05) is 25.6 Å². The Morgan fingerprint density at radius 2 is 2.09 bits per heavy atom. The Kier molecular flexibility index (Phi) is 4.37. The van der Waals surface area contributed by atoms with Crippen LogP contribution in [0.25, 0.3) is 0 Å². The largest absolute Gasteiger partial charge is 0.433 e. The number of ether oxygens (including phenoxy) is 2. The van der Waals surface area contributed by atoms with E-state index in [2.05, 4.69) is 9.97 Å². The van der Waals surface area contributed by atoms with E-state index in [1.807, 2.05) is 0 Å². The minimum absolute atomic E-state index is 0.00951. The van der Waals surface area contributed by atoms with Crippen LogP contribution in [0.5, 0.6) is 0 Å². The quantitative estimate of drug-likeness (QED) is 0.783. The third kappa shape index (κ3) is 3.51. The number of nitrogens with zero attached hydrogens (tertiary/aromatic N) is 2. The van der Waals surface area contributed by atoms with Crippen molar-refractivity contribution in [3.63, 3.8) is 0 Å². The van der Waals surface area contributed by atoms with Crippen LogP contribution in [-0.2, 0) is 20.4 Å². The average molecular weight is 348 g/mol. The highest BCUT2D eigenvalue weighted by atomic mass is 32.2. The molecular weight excluding hydrogens is 333 g/mol. The number of Topliss-reactive ketones (excluding diaryl/α,β-unsaturated/α-hetero) is 1. The molecule has 2 aliphatic heterocycles. The highest BCUT2D eigenvalue weighted by molar-refractivity contribution is 7.99. The van der Waals surface area contributed by atoms with Crippen molar-refractivity contribution < 1.29 is 27.4 Å². The highest BCUT2D eigenvalue weighted by Gasteiger charge is 2.44. The zero-order chi connectivity index (χ0) is 16.8. The van der Waals surface area contributed by atoms with Crippen LogP contribution in [0.15, 0.2) is 11.2 Å². The van der Waals surface area contributed by atoms with Crippen LogP contribution >= 0.6 is 11.8 Å². The number of alkyl halides is 3. The first-order valence-corrected chi connectivity index (χ1v) is 8.04. The Morgan fingerprint density at radius 1 is 1.35 bits per heavy atom. The smallest absolute Gasteiger partial charge is 0.343 e. The number of ketones is 1. The van der Waals surface area contributed by atoms with Crippen molar-refractivity contribution in [2.24, 2.45) is 0 Å². The molecule has 3 heterocycles. The molecule has 2 aliphatic rings. The van der Waals surface area contributed by atoms with E-state index >= 15 is 0 Å².